The minimum absolute atomic E-state index is 0.00788. The monoisotopic (exact) mass is 358 g/mol. The number of halogens is 1. The summed E-state index contributed by atoms with van der Waals surface area (Å²) < 4.78 is 15.0. The number of nitrogens with zero attached hydrogens (tertiary/aromatic N) is 3. The van der Waals surface area contributed by atoms with Crippen LogP contribution in [0.2, 0.25) is 0 Å². The minimum Gasteiger partial charge on any atom is -0.292 e. The number of non-ortho nitro benzene ring substituents is 1. The van der Waals surface area contributed by atoms with Crippen molar-refractivity contribution >= 4 is 22.8 Å². The molecule has 1 N–H and O–H groups in total. The highest BCUT2D eigenvalue weighted by atomic mass is 32.1. The van der Waals surface area contributed by atoms with E-state index in [4.69, 9.17) is 5.41 Å². The average Bonchev–Trinajstić information content (AvgIpc) is 2.95. The zero-order valence-corrected chi connectivity index (χ0v) is 13.5. The largest absolute Gasteiger partial charge is 0.292 e. The van der Waals surface area contributed by atoms with Crippen LogP contribution in [0.4, 0.5) is 10.1 Å². The Bertz CT molecular complexity index is 1010. The number of aromatic nitrogens is 2. The van der Waals surface area contributed by atoms with Gasteiger partial charge in [0.15, 0.2) is 5.78 Å². The molecule has 0 saturated heterocycles. The number of nitro benzene ring substituents is 1. The summed E-state index contributed by atoms with van der Waals surface area (Å²) in [5.41, 5.74) is 0.432. The minimum atomic E-state index is -0.550. The molecule has 2 aromatic carbocycles. The van der Waals surface area contributed by atoms with Gasteiger partial charge in [0, 0.05) is 23.3 Å². The Morgan fingerprint density at radius 1 is 1.24 bits per heavy atom. The standard InChI is InChI=1S/C16H11FN4O3S/c17-13-4-2-1-3-12(13)15-19-20(16(18)25-15)9-14(22)10-5-7-11(8-6-10)21(23)24/h1-8,18H,9H2. The molecule has 1 heterocycles. The molecule has 0 spiro atoms. The highest BCUT2D eigenvalue weighted by Crippen LogP contribution is 2.22. The molecule has 0 saturated carbocycles. The van der Waals surface area contributed by atoms with Crippen molar-refractivity contribution in [1.29, 1.82) is 5.41 Å². The van der Waals surface area contributed by atoms with Gasteiger partial charge in [-0.3, -0.25) is 20.3 Å². The lowest BCUT2D eigenvalue weighted by atomic mass is 10.1. The Hall–Kier alpha value is -3.20. The summed E-state index contributed by atoms with van der Waals surface area (Å²) in [4.78, 5) is 22.4. The van der Waals surface area contributed by atoms with Gasteiger partial charge in [-0.15, -0.1) is 0 Å². The first kappa shape index (κ1) is 16.7. The van der Waals surface area contributed by atoms with Gasteiger partial charge in [-0.05, 0) is 24.3 Å². The average molecular weight is 358 g/mol. The number of nitrogens with one attached hydrogen (secondary N) is 1. The van der Waals surface area contributed by atoms with Crippen LogP contribution in [0.1, 0.15) is 10.4 Å². The lowest BCUT2D eigenvalue weighted by molar-refractivity contribution is -0.384. The number of rotatable bonds is 5. The highest BCUT2D eigenvalue weighted by Gasteiger charge is 2.14. The van der Waals surface area contributed by atoms with Gasteiger partial charge in [-0.2, -0.15) is 5.10 Å². The van der Waals surface area contributed by atoms with Gasteiger partial charge in [0.1, 0.15) is 17.4 Å². The van der Waals surface area contributed by atoms with E-state index in [0.29, 0.717) is 5.01 Å². The van der Waals surface area contributed by atoms with Crippen LogP contribution in [0.15, 0.2) is 48.5 Å². The maximum atomic E-state index is 13.8. The molecule has 0 atom stereocenters. The molecule has 0 aliphatic rings. The van der Waals surface area contributed by atoms with Crippen LogP contribution in [0.3, 0.4) is 0 Å². The molecule has 0 aliphatic heterocycles. The summed E-state index contributed by atoms with van der Waals surface area (Å²) in [6.07, 6.45) is 0. The summed E-state index contributed by atoms with van der Waals surface area (Å²) in [5.74, 6) is -0.802. The molecule has 0 fully saturated rings. The molecule has 0 amide bonds. The fourth-order valence-electron chi connectivity index (χ4n) is 2.17. The van der Waals surface area contributed by atoms with E-state index in [-0.39, 0.29) is 33.9 Å². The van der Waals surface area contributed by atoms with Gasteiger partial charge in [0.25, 0.3) is 5.69 Å². The number of benzene rings is 2. The second-order valence-electron chi connectivity index (χ2n) is 5.08. The lowest BCUT2D eigenvalue weighted by Gasteiger charge is -2.01. The van der Waals surface area contributed by atoms with Crippen molar-refractivity contribution in [3.63, 3.8) is 0 Å². The Balaban J connectivity index is 1.84. The summed E-state index contributed by atoms with van der Waals surface area (Å²) >= 11 is 0.962. The molecular weight excluding hydrogens is 347 g/mol. The van der Waals surface area contributed by atoms with Crippen molar-refractivity contribution < 1.29 is 14.1 Å². The van der Waals surface area contributed by atoms with Gasteiger partial charge in [-0.25, -0.2) is 9.07 Å². The molecule has 9 heteroatoms. The predicted octanol–water partition coefficient (Wildman–Crippen LogP) is 3.02. The van der Waals surface area contributed by atoms with E-state index in [1.165, 1.54) is 35.0 Å². The molecular formula is C16H11FN4O3S. The number of ketones is 1. The predicted molar refractivity (Wildman–Crippen MR) is 88.8 cm³/mol. The lowest BCUT2D eigenvalue weighted by Crippen LogP contribution is -2.21. The van der Waals surface area contributed by atoms with Crippen LogP contribution in [-0.2, 0) is 6.54 Å². The zero-order chi connectivity index (χ0) is 18.0. The number of hydrogen-bond acceptors (Lipinski definition) is 6. The van der Waals surface area contributed by atoms with E-state index < -0.39 is 10.7 Å². The Kier molecular flexibility index (Phi) is 4.48. The van der Waals surface area contributed by atoms with Crippen molar-refractivity contribution in [2.24, 2.45) is 0 Å². The van der Waals surface area contributed by atoms with E-state index in [1.807, 2.05) is 0 Å². The van der Waals surface area contributed by atoms with Gasteiger partial charge in [-0.1, -0.05) is 23.5 Å². The van der Waals surface area contributed by atoms with Crippen molar-refractivity contribution in [3.05, 3.63) is 74.8 Å². The molecule has 1 aromatic heterocycles. The van der Waals surface area contributed by atoms with Crippen LogP contribution in [0.25, 0.3) is 10.6 Å². The third-order valence-electron chi connectivity index (χ3n) is 3.44. The fourth-order valence-corrected chi connectivity index (χ4v) is 2.98. The summed E-state index contributed by atoms with van der Waals surface area (Å²) in [7, 11) is 0. The van der Waals surface area contributed by atoms with Crippen LogP contribution in [-0.4, -0.2) is 20.5 Å². The molecule has 0 unspecified atom stereocenters. The van der Waals surface area contributed by atoms with Crippen LogP contribution in [0.5, 0.6) is 0 Å². The number of carbonyl (C=O) groups is 1. The number of Topliss-reactive ketones (excluding diaryl/α,β-unsaturated/α-hetero) is 1. The topological polar surface area (TPSA) is 102 Å². The molecule has 25 heavy (non-hydrogen) atoms. The van der Waals surface area contributed by atoms with E-state index >= 15 is 0 Å². The molecule has 3 aromatic rings. The second kappa shape index (κ2) is 6.73. The Morgan fingerprint density at radius 2 is 1.92 bits per heavy atom. The summed E-state index contributed by atoms with van der Waals surface area (Å²) in [6.45, 7) is -0.207. The molecule has 7 nitrogen and oxygen atoms in total. The molecule has 126 valence electrons. The van der Waals surface area contributed by atoms with Crippen LogP contribution >= 0.6 is 11.3 Å². The maximum Gasteiger partial charge on any atom is 0.269 e. The smallest absolute Gasteiger partial charge is 0.269 e. The third kappa shape index (κ3) is 3.50. The van der Waals surface area contributed by atoms with E-state index in [1.54, 1.807) is 18.2 Å². The Morgan fingerprint density at radius 3 is 2.56 bits per heavy atom. The first-order valence-corrected chi connectivity index (χ1v) is 7.92. The molecule has 3 rings (SSSR count). The van der Waals surface area contributed by atoms with Gasteiger partial charge in [0.2, 0.25) is 4.80 Å². The normalized spacial score (nSPS) is 10.6. The first-order chi connectivity index (χ1) is 12.0. The first-order valence-electron chi connectivity index (χ1n) is 7.11. The van der Waals surface area contributed by atoms with Gasteiger partial charge < -0.3 is 0 Å². The SMILES string of the molecule is N=c1sc(-c2ccccc2F)nn1CC(=O)c1ccc([N+](=O)[O-])cc1. The fraction of sp³-hybridized carbons (Fsp3) is 0.0625. The van der Waals surface area contributed by atoms with Gasteiger partial charge in [0.05, 0.1) is 4.92 Å². The maximum absolute atomic E-state index is 13.8. The molecule has 0 bridgehead atoms. The van der Waals surface area contributed by atoms with E-state index in [9.17, 15) is 19.3 Å². The van der Waals surface area contributed by atoms with Gasteiger partial charge >= 0.3 is 0 Å². The Labute approximate surface area is 144 Å². The van der Waals surface area contributed by atoms with Crippen LogP contribution < -0.4 is 4.80 Å². The van der Waals surface area contributed by atoms with Crippen molar-refractivity contribution in [2.75, 3.05) is 0 Å². The third-order valence-corrected chi connectivity index (χ3v) is 4.34. The van der Waals surface area contributed by atoms with Crippen molar-refractivity contribution in [1.82, 2.24) is 9.78 Å². The number of hydrogen-bond donors (Lipinski definition) is 1. The molecule has 0 aliphatic carbocycles. The van der Waals surface area contributed by atoms with Crippen LogP contribution in [0, 0.1) is 21.3 Å². The summed E-state index contributed by atoms with van der Waals surface area (Å²) in [6, 6.07) is 11.3. The van der Waals surface area contributed by atoms with Crippen molar-refractivity contribution in [2.45, 2.75) is 6.54 Å². The highest BCUT2D eigenvalue weighted by molar-refractivity contribution is 7.12. The number of nitro groups is 1. The number of carbonyl (C=O) groups excluding carboxylic acids is 1. The summed E-state index contributed by atoms with van der Waals surface area (Å²) in [5, 5.41) is 23.0. The quantitative estimate of drug-likeness (QED) is 0.430. The molecule has 0 radical (unpaired) electrons. The van der Waals surface area contributed by atoms with Crippen molar-refractivity contribution in [3.8, 4) is 10.6 Å². The van der Waals surface area contributed by atoms with E-state index in [2.05, 4.69) is 5.10 Å². The second-order valence-corrected chi connectivity index (χ2v) is 6.05. The van der Waals surface area contributed by atoms with E-state index in [0.717, 1.165) is 11.3 Å². The zero-order valence-electron chi connectivity index (χ0n) is 12.7.